The zero-order valence-electron chi connectivity index (χ0n) is 10.1. The topological polar surface area (TPSA) is 70.8 Å². The highest BCUT2D eigenvalue weighted by molar-refractivity contribution is 5.69. The summed E-state index contributed by atoms with van der Waals surface area (Å²) in [5.74, 6) is 0.961. The third-order valence-electron chi connectivity index (χ3n) is 2.20. The molecule has 0 spiro atoms. The fraction of sp³-hybridized carbons (Fsp3) is 0.417. The van der Waals surface area contributed by atoms with Crippen molar-refractivity contribution < 1.29 is 19.0 Å². The van der Waals surface area contributed by atoms with Crippen molar-refractivity contribution in [3.63, 3.8) is 0 Å². The molecular weight excluding hydrogens is 222 g/mol. The van der Waals surface area contributed by atoms with E-state index in [4.69, 9.17) is 15.2 Å². The lowest BCUT2D eigenvalue weighted by Crippen LogP contribution is -2.05. The molecule has 94 valence electrons. The van der Waals surface area contributed by atoms with Crippen LogP contribution in [0, 0.1) is 0 Å². The lowest BCUT2D eigenvalue weighted by molar-refractivity contribution is -0.140. The summed E-state index contributed by atoms with van der Waals surface area (Å²) in [6.07, 6.45) is 0.922. The largest absolute Gasteiger partial charge is 0.493 e. The minimum absolute atomic E-state index is 0.242. The van der Waals surface area contributed by atoms with Crippen LogP contribution in [-0.4, -0.2) is 26.8 Å². The molecule has 0 aliphatic rings. The number of ether oxygens (including phenoxy) is 3. The van der Waals surface area contributed by atoms with Crippen LogP contribution in [0.2, 0.25) is 0 Å². The maximum Gasteiger partial charge on any atom is 0.305 e. The van der Waals surface area contributed by atoms with Crippen LogP contribution in [0.3, 0.4) is 0 Å². The molecule has 17 heavy (non-hydrogen) atoms. The Kier molecular flexibility index (Phi) is 5.13. The average molecular weight is 239 g/mol. The fourth-order valence-corrected chi connectivity index (χ4v) is 1.31. The summed E-state index contributed by atoms with van der Waals surface area (Å²) in [6, 6.07) is 5.17. The van der Waals surface area contributed by atoms with Crippen LogP contribution in [0.25, 0.3) is 0 Å². The van der Waals surface area contributed by atoms with Crippen molar-refractivity contribution in [1.82, 2.24) is 0 Å². The van der Waals surface area contributed by atoms with E-state index in [1.54, 1.807) is 25.3 Å². The van der Waals surface area contributed by atoms with Gasteiger partial charge in [-0.15, -0.1) is 0 Å². The summed E-state index contributed by atoms with van der Waals surface area (Å²) in [4.78, 5) is 10.9. The van der Waals surface area contributed by atoms with Gasteiger partial charge in [0.15, 0.2) is 11.5 Å². The number of hydrogen-bond donors (Lipinski definition) is 1. The molecule has 0 amide bonds. The predicted molar refractivity (Wildman–Crippen MR) is 64.2 cm³/mol. The van der Waals surface area contributed by atoms with Gasteiger partial charge in [0, 0.05) is 18.2 Å². The molecular formula is C12H17NO4. The highest BCUT2D eigenvalue weighted by Gasteiger charge is 2.05. The molecule has 0 saturated carbocycles. The second-order valence-corrected chi connectivity index (χ2v) is 3.44. The van der Waals surface area contributed by atoms with E-state index in [1.165, 1.54) is 7.11 Å². The zero-order chi connectivity index (χ0) is 12.7. The first kappa shape index (κ1) is 13.2. The molecule has 0 atom stereocenters. The van der Waals surface area contributed by atoms with Gasteiger partial charge in [-0.1, -0.05) is 0 Å². The number of rotatable bonds is 6. The molecule has 5 heteroatoms. The van der Waals surface area contributed by atoms with Crippen LogP contribution >= 0.6 is 0 Å². The molecule has 1 rings (SSSR count). The molecule has 0 bridgehead atoms. The van der Waals surface area contributed by atoms with Gasteiger partial charge in [-0.3, -0.25) is 4.79 Å². The molecule has 5 nitrogen and oxygen atoms in total. The lowest BCUT2D eigenvalue weighted by atomic mass is 10.3. The zero-order valence-corrected chi connectivity index (χ0v) is 10.1. The summed E-state index contributed by atoms with van der Waals surface area (Å²) < 4.78 is 15.1. The van der Waals surface area contributed by atoms with Gasteiger partial charge < -0.3 is 19.9 Å². The van der Waals surface area contributed by atoms with E-state index in [-0.39, 0.29) is 5.97 Å². The number of benzene rings is 1. The molecule has 0 heterocycles. The van der Waals surface area contributed by atoms with Crippen LogP contribution in [0.15, 0.2) is 18.2 Å². The van der Waals surface area contributed by atoms with Crippen LogP contribution in [-0.2, 0) is 9.53 Å². The van der Waals surface area contributed by atoms with Crippen LogP contribution in [0.1, 0.15) is 12.8 Å². The van der Waals surface area contributed by atoms with Crippen molar-refractivity contribution in [3.05, 3.63) is 18.2 Å². The van der Waals surface area contributed by atoms with Gasteiger partial charge in [0.25, 0.3) is 0 Å². The van der Waals surface area contributed by atoms with Crippen molar-refractivity contribution >= 4 is 11.7 Å². The monoisotopic (exact) mass is 239 g/mol. The Labute approximate surface area is 100 Å². The molecule has 0 unspecified atom stereocenters. The number of nitrogens with two attached hydrogens (primary N) is 1. The van der Waals surface area contributed by atoms with Crippen molar-refractivity contribution in [1.29, 1.82) is 0 Å². The van der Waals surface area contributed by atoms with Gasteiger partial charge in [0.05, 0.1) is 20.8 Å². The van der Waals surface area contributed by atoms with E-state index in [1.807, 2.05) is 0 Å². The van der Waals surface area contributed by atoms with Crippen LogP contribution in [0.5, 0.6) is 11.5 Å². The molecule has 0 aliphatic heterocycles. The Bertz CT molecular complexity index is 379. The smallest absolute Gasteiger partial charge is 0.305 e. The number of carbonyl (C=O) groups is 1. The van der Waals surface area contributed by atoms with E-state index in [0.717, 1.165) is 0 Å². The molecule has 2 N–H and O–H groups in total. The molecule has 0 radical (unpaired) electrons. The Morgan fingerprint density at radius 3 is 2.71 bits per heavy atom. The third-order valence-corrected chi connectivity index (χ3v) is 2.20. The van der Waals surface area contributed by atoms with Crippen molar-refractivity contribution in [2.75, 3.05) is 26.6 Å². The summed E-state index contributed by atoms with van der Waals surface area (Å²) >= 11 is 0. The summed E-state index contributed by atoms with van der Waals surface area (Å²) in [7, 11) is 2.93. The quantitative estimate of drug-likeness (QED) is 0.464. The molecule has 0 aliphatic carbocycles. The third kappa shape index (κ3) is 4.22. The molecule has 1 aromatic carbocycles. The fourth-order valence-electron chi connectivity index (χ4n) is 1.31. The number of nitrogen functional groups attached to an aromatic ring is 1. The Morgan fingerprint density at radius 2 is 2.06 bits per heavy atom. The van der Waals surface area contributed by atoms with Crippen LogP contribution < -0.4 is 15.2 Å². The molecule has 0 saturated heterocycles. The number of esters is 1. The van der Waals surface area contributed by atoms with Gasteiger partial charge >= 0.3 is 5.97 Å². The number of methoxy groups -OCH3 is 2. The van der Waals surface area contributed by atoms with Gasteiger partial charge in [-0.05, 0) is 18.6 Å². The van der Waals surface area contributed by atoms with Gasteiger partial charge in [0.1, 0.15) is 0 Å². The Morgan fingerprint density at radius 1 is 1.29 bits per heavy atom. The number of hydrogen-bond acceptors (Lipinski definition) is 5. The van der Waals surface area contributed by atoms with E-state index in [9.17, 15) is 4.79 Å². The molecule has 0 aromatic heterocycles. The standard InChI is InChI=1S/C12H17NO4/c1-15-10-6-5-9(13)8-11(10)17-7-3-4-12(14)16-2/h5-6,8H,3-4,7,13H2,1-2H3. The molecule has 1 aromatic rings. The average Bonchev–Trinajstić information content (AvgIpc) is 2.34. The first-order valence-electron chi connectivity index (χ1n) is 5.30. The highest BCUT2D eigenvalue weighted by atomic mass is 16.5. The van der Waals surface area contributed by atoms with Gasteiger partial charge in [-0.2, -0.15) is 0 Å². The van der Waals surface area contributed by atoms with E-state index in [0.29, 0.717) is 36.6 Å². The van der Waals surface area contributed by atoms with Crippen molar-refractivity contribution in [3.8, 4) is 11.5 Å². The Balaban J connectivity index is 2.45. The minimum atomic E-state index is -0.242. The first-order chi connectivity index (χ1) is 8.17. The highest BCUT2D eigenvalue weighted by Crippen LogP contribution is 2.29. The van der Waals surface area contributed by atoms with Crippen molar-refractivity contribution in [2.45, 2.75) is 12.8 Å². The SMILES string of the molecule is COC(=O)CCCOc1cc(N)ccc1OC. The van der Waals surface area contributed by atoms with E-state index in [2.05, 4.69) is 4.74 Å². The second kappa shape index (κ2) is 6.62. The summed E-state index contributed by atoms with van der Waals surface area (Å²) in [5.41, 5.74) is 6.25. The van der Waals surface area contributed by atoms with Crippen LogP contribution in [0.4, 0.5) is 5.69 Å². The molecule has 0 fully saturated rings. The van der Waals surface area contributed by atoms with E-state index < -0.39 is 0 Å². The number of carbonyl (C=O) groups excluding carboxylic acids is 1. The normalized spacial score (nSPS) is 9.76. The van der Waals surface area contributed by atoms with Crippen molar-refractivity contribution in [2.24, 2.45) is 0 Å². The lowest BCUT2D eigenvalue weighted by Gasteiger charge is -2.10. The maximum absolute atomic E-state index is 10.9. The summed E-state index contributed by atoms with van der Waals surface area (Å²) in [6.45, 7) is 0.412. The van der Waals surface area contributed by atoms with Gasteiger partial charge in [-0.25, -0.2) is 0 Å². The maximum atomic E-state index is 10.9. The minimum Gasteiger partial charge on any atom is -0.493 e. The van der Waals surface area contributed by atoms with Gasteiger partial charge in [0.2, 0.25) is 0 Å². The Hall–Kier alpha value is -1.91. The van der Waals surface area contributed by atoms with E-state index >= 15 is 0 Å². The first-order valence-corrected chi connectivity index (χ1v) is 5.30. The summed E-state index contributed by atoms with van der Waals surface area (Å²) in [5, 5.41) is 0. The number of anilines is 1. The predicted octanol–water partition coefficient (Wildman–Crippen LogP) is 1.61. The second-order valence-electron chi connectivity index (χ2n) is 3.44.